The van der Waals surface area contributed by atoms with Crippen LogP contribution in [0.1, 0.15) is 43.5 Å². The minimum Gasteiger partial charge on any atom is -0.496 e. The number of fused-ring (bicyclic) bond motifs is 1. The first-order chi connectivity index (χ1) is 20.5. The van der Waals surface area contributed by atoms with E-state index in [0.717, 1.165) is 10.0 Å². The van der Waals surface area contributed by atoms with Gasteiger partial charge in [0.05, 0.1) is 29.0 Å². The predicted molar refractivity (Wildman–Crippen MR) is 173 cm³/mol. The second kappa shape index (κ2) is 13.1. The molecule has 1 aliphatic heterocycles. The lowest BCUT2D eigenvalue weighted by molar-refractivity contribution is -0.143. The van der Waals surface area contributed by atoms with Gasteiger partial charge in [0, 0.05) is 25.6 Å². The molecule has 0 radical (unpaired) electrons. The molecule has 0 bridgehead atoms. The van der Waals surface area contributed by atoms with Crippen molar-refractivity contribution in [3.8, 4) is 11.5 Å². The van der Waals surface area contributed by atoms with Gasteiger partial charge in [-0.2, -0.15) is 0 Å². The smallest absolute Gasteiger partial charge is 0.338 e. The average Bonchev–Trinajstić information content (AvgIpc) is 3.25. The van der Waals surface area contributed by atoms with Gasteiger partial charge in [-0.05, 0) is 80.9 Å². The van der Waals surface area contributed by atoms with E-state index in [1.54, 1.807) is 64.3 Å². The van der Waals surface area contributed by atoms with Crippen molar-refractivity contribution in [2.45, 2.75) is 39.5 Å². The molecule has 1 aromatic heterocycles. The summed E-state index contributed by atoms with van der Waals surface area (Å²) in [6.07, 6.45) is 1.36. The van der Waals surface area contributed by atoms with Gasteiger partial charge in [-0.15, -0.1) is 0 Å². The van der Waals surface area contributed by atoms with E-state index in [9.17, 15) is 9.59 Å². The van der Waals surface area contributed by atoms with E-state index in [2.05, 4.69) is 20.9 Å². The Kier molecular flexibility index (Phi) is 9.46. The molecule has 0 fully saturated rings. The van der Waals surface area contributed by atoms with Gasteiger partial charge in [0.25, 0.3) is 5.56 Å². The Balaban J connectivity index is 1.66. The molecule has 43 heavy (non-hydrogen) atoms. The fourth-order valence-electron chi connectivity index (χ4n) is 4.77. The number of methoxy groups -OCH3 is 1. The summed E-state index contributed by atoms with van der Waals surface area (Å²) in [5, 5.41) is 1.10. The topological polar surface area (TPSA) is 79.1 Å². The second-order valence-corrected chi connectivity index (χ2v) is 12.8. The number of hydrogen-bond donors (Lipinski definition) is 0. The maximum Gasteiger partial charge on any atom is 0.338 e. The Labute approximate surface area is 270 Å². The van der Waals surface area contributed by atoms with Crippen LogP contribution in [0.15, 0.2) is 86.2 Å². The summed E-state index contributed by atoms with van der Waals surface area (Å²) in [7, 11) is 1.54. The van der Waals surface area contributed by atoms with Crippen LogP contribution in [0.5, 0.6) is 11.5 Å². The van der Waals surface area contributed by atoms with E-state index in [0.29, 0.717) is 47.7 Å². The molecule has 0 N–H and O–H groups in total. The zero-order valence-corrected chi connectivity index (χ0v) is 27.6. The van der Waals surface area contributed by atoms with Crippen LogP contribution in [-0.2, 0) is 16.1 Å². The summed E-state index contributed by atoms with van der Waals surface area (Å²) in [6.45, 7) is 5.56. The third-order valence-electron chi connectivity index (χ3n) is 6.61. The number of thiazole rings is 1. The molecule has 5 rings (SSSR count). The lowest BCUT2D eigenvalue weighted by atomic mass is 9.95. The van der Waals surface area contributed by atoms with Crippen LogP contribution in [-0.4, -0.2) is 23.8 Å². The first-order valence-corrected chi connectivity index (χ1v) is 15.7. The molecular weight excluding hydrogens is 675 g/mol. The number of esters is 1. The average molecular weight is 702 g/mol. The lowest BCUT2D eigenvalue weighted by Crippen LogP contribution is -2.40. The monoisotopic (exact) mass is 700 g/mol. The maximum absolute atomic E-state index is 14.2. The lowest BCUT2D eigenvalue weighted by Gasteiger charge is -2.26. The van der Waals surface area contributed by atoms with Crippen molar-refractivity contribution in [2.24, 2.45) is 4.99 Å². The predicted octanol–water partition coefficient (Wildman–Crippen LogP) is 6.84. The number of allylic oxidation sites excluding steroid dienone is 1. The Morgan fingerprint density at radius 1 is 1.09 bits per heavy atom. The van der Waals surface area contributed by atoms with Crippen molar-refractivity contribution in [2.75, 3.05) is 7.11 Å². The van der Waals surface area contributed by atoms with Crippen molar-refractivity contribution in [1.29, 1.82) is 0 Å². The summed E-state index contributed by atoms with van der Waals surface area (Å²) in [6, 6.07) is 17.2. The number of rotatable bonds is 8. The molecule has 1 aliphatic rings. The van der Waals surface area contributed by atoms with Crippen LogP contribution in [0.4, 0.5) is 0 Å². The summed E-state index contributed by atoms with van der Waals surface area (Å²) < 4.78 is 20.1. The van der Waals surface area contributed by atoms with Crippen LogP contribution in [0, 0.1) is 0 Å². The van der Waals surface area contributed by atoms with Gasteiger partial charge in [0.1, 0.15) is 24.1 Å². The minimum atomic E-state index is -0.838. The van der Waals surface area contributed by atoms with Crippen LogP contribution in [0.25, 0.3) is 6.08 Å². The van der Waals surface area contributed by atoms with Gasteiger partial charge >= 0.3 is 5.97 Å². The molecule has 0 saturated heterocycles. The van der Waals surface area contributed by atoms with Crippen LogP contribution < -0.4 is 24.4 Å². The molecule has 1 atom stereocenters. The van der Waals surface area contributed by atoms with Gasteiger partial charge in [-0.1, -0.05) is 62.6 Å². The van der Waals surface area contributed by atoms with Crippen LogP contribution >= 0.6 is 50.5 Å². The molecule has 0 unspecified atom stereocenters. The van der Waals surface area contributed by atoms with Gasteiger partial charge in [-0.25, -0.2) is 9.79 Å². The van der Waals surface area contributed by atoms with E-state index in [1.807, 2.05) is 30.3 Å². The number of carbonyl (C=O) groups is 1. The quantitative estimate of drug-likeness (QED) is 0.188. The van der Waals surface area contributed by atoms with Gasteiger partial charge in [0.2, 0.25) is 0 Å². The highest BCUT2D eigenvalue weighted by Gasteiger charge is 2.35. The van der Waals surface area contributed by atoms with E-state index >= 15 is 0 Å². The van der Waals surface area contributed by atoms with E-state index < -0.39 is 12.0 Å². The highest BCUT2D eigenvalue weighted by atomic mass is 79.9. The molecule has 0 saturated carbocycles. The number of ether oxygens (including phenoxy) is 3. The largest absolute Gasteiger partial charge is 0.496 e. The van der Waals surface area contributed by atoms with Gasteiger partial charge in [-0.3, -0.25) is 9.36 Å². The number of carbonyl (C=O) groups excluding carboxylic acids is 1. The van der Waals surface area contributed by atoms with Crippen molar-refractivity contribution in [3.63, 3.8) is 0 Å². The van der Waals surface area contributed by atoms with Crippen LogP contribution in [0.3, 0.4) is 0 Å². The molecule has 7 nitrogen and oxygen atoms in total. The molecular formula is C32H27BrCl2N2O5S. The van der Waals surface area contributed by atoms with Gasteiger partial charge < -0.3 is 14.2 Å². The first-order valence-electron chi connectivity index (χ1n) is 13.3. The summed E-state index contributed by atoms with van der Waals surface area (Å²) >= 11 is 17.2. The molecule has 4 aromatic rings. The first kappa shape index (κ1) is 31.1. The highest BCUT2D eigenvalue weighted by molar-refractivity contribution is 9.10. The number of aromatic nitrogens is 1. The zero-order valence-electron chi connectivity index (χ0n) is 23.7. The highest BCUT2D eigenvalue weighted by Crippen LogP contribution is 2.37. The molecule has 11 heteroatoms. The second-order valence-electron chi connectivity index (χ2n) is 10.0. The summed E-state index contributed by atoms with van der Waals surface area (Å²) in [5.74, 6) is 0.501. The van der Waals surface area contributed by atoms with Gasteiger partial charge in [0.15, 0.2) is 4.80 Å². The number of benzene rings is 3. The number of nitrogens with zero attached hydrogens (tertiary/aromatic N) is 2. The van der Waals surface area contributed by atoms with Crippen LogP contribution in [0.2, 0.25) is 10.0 Å². The van der Waals surface area contributed by atoms with E-state index in [1.165, 1.54) is 15.9 Å². The molecule has 2 heterocycles. The molecule has 222 valence electrons. The number of hydrogen-bond acceptors (Lipinski definition) is 7. The SMILES string of the molecule is COc1ccc(Br)cc1[C@H]1C(C(=O)OC(C)C)=C(C)N=c2s/c(=C\c3cc(Cl)ccc3OCc3cccc(Cl)c3)c(=O)n21. The van der Waals surface area contributed by atoms with E-state index in [4.69, 9.17) is 37.4 Å². The third-order valence-corrected chi connectivity index (χ3v) is 8.56. The van der Waals surface area contributed by atoms with Crippen molar-refractivity contribution in [1.82, 2.24) is 4.57 Å². The van der Waals surface area contributed by atoms with Crippen molar-refractivity contribution >= 4 is 62.5 Å². The Morgan fingerprint density at radius 2 is 1.84 bits per heavy atom. The Morgan fingerprint density at radius 3 is 2.56 bits per heavy atom. The van der Waals surface area contributed by atoms with Crippen molar-refractivity contribution < 1.29 is 19.0 Å². The molecule has 3 aromatic carbocycles. The van der Waals surface area contributed by atoms with E-state index in [-0.39, 0.29) is 23.8 Å². The summed E-state index contributed by atoms with van der Waals surface area (Å²) in [5.41, 5.74) is 2.51. The normalized spacial score (nSPS) is 14.9. The standard InChI is InChI=1S/C32H27BrCl2N2O5S/c1-17(2)42-31(39)28-18(3)36-32-37(29(28)24-15-21(33)8-10-26(24)40-4)30(38)27(43-32)14-20-13-23(35)9-11-25(20)41-16-19-6-5-7-22(34)12-19/h5-15,17,29H,16H2,1-4H3/b27-14-/t29-/m0/s1. The molecule has 0 amide bonds. The maximum atomic E-state index is 14.2. The fourth-order valence-corrected chi connectivity index (χ4v) is 6.58. The Hall–Kier alpha value is -3.37. The summed E-state index contributed by atoms with van der Waals surface area (Å²) in [4.78, 5) is 32.7. The molecule has 0 aliphatic carbocycles. The minimum absolute atomic E-state index is 0.261. The van der Waals surface area contributed by atoms with Crippen molar-refractivity contribution in [3.05, 3.63) is 123 Å². The molecule has 0 spiro atoms. The fraction of sp³-hybridized carbons (Fsp3) is 0.219. The third kappa shape index (κ3) is 6.75. The number of halogens is 3. The Bertz CT molecular complexity index is 1930. The zero-order chi connectivity index (χ0) is 30.8.